The van der Waals surface area contributed by atoms with Gasteiger partial charge in [-0.25, -0.2) is 0 Å². The smallest absolute Gasteiger partial charge is 0.122 e. The number of ether oxygens (including phenoxy) is 2. The SMILES string of the molecule is COc1cc2c(OC)cc1CCc1cc3c(cc1CCc1cc4c(cc1CCc1ccc(cc1)CC4)CC3)CC2. The molecule has 0 atom stereocenters. The Hall–Kier alpha value is -3.52. The van der Waals surface area contributed by atoms with Crippen LogP contribution in [0.1, 0.15) is 66.8 Å². The van der Waals surface area contributed by atoms with Crippen LogP contribution in [0.4, 0.5) is 0 Å². The second-order valence-corrected chi connectivity index (χ2v) is 12.1. The van der Waals surface area contributed by atoms with Gasteiger partial charge in [-0.2, -0.15) is 0 Å². The zero-order valence-electron chi connectivity index (χ0n) is 24.1. The largest absolute Gasteiger partial charge is 0.496 e. The van der Waals surface area contributed by atoms with Gasteiger partial charge in [-0.1, -0.05) is 48.5 Å². The molecule has 0 aliphatic heterocycles. The van der Waals surface area contributed by atoms with Crippen LogP contribution in [0, 0.1) is 0 Å². The fraction of sp³-hybridized carbons (Fsp3) is 0.368. The molecule has 12 bridgehead atoms. The van der Waals surface area contributed by atoms with E-state index >= 15 is 0 Å². The van der Waals surface area contributed by atoms with E-state index < -0.39 is 0 Å². The number of benzene rings is 4. The molecule has 0 spiro atoms. The predicted molar refractivity (Wildman–Crippen MR) is 163 cm³/mol. The Kier molecular flexibility index (Phi) is 6.87. The maximum absolute atomic E-state index is 5.84. The monoisotopic (exact) mass is 528 g/mol. The Balaban J connectivity index is 1.28. The number of methoxy groups -OCH3 is 2. The van der Waals surface area contributed by atoms with Crippen molar-refractivity contribution < 1.29 is 9.47 Å². The molecule has 0 aromatic heterocycles. The highest BCUT2D eigenvalue weighted by atomic mass is 16.5. The highest BCUT2D eigenvalue weighted by Gasteiger charge is 2.20. The maximum Gasteiger partial charge on any atom is 0.122 e. The van der Waals surface area contributed by atoms with Gasteiger partial charge in [0.25, 0.3) is 0 Å². The molecule has 12 aliphatic carbocycles. The molecule has 0 radical (unpaired) electrons. The first-order chi connectivity index (χ1) is 19.7. The van der Waals surface area contributed by atoms with Crippen molar-refractivity contribution in [1.82, 2.24) is 0 Å². The van der Waals surface area contributed by atoms with Crippen LogP contribution in [0.15, 0.2) is 60.7 Å². The topological polar surface area (TPSA) is 18.5 Å². The highest BCUT2D eigenvalue weighted by molar-refractivity contribution is 5.50. The molecular weight excluding hydrogens is 488 g/mol. The summed E-state index contributed by atoms with van der Waals surface area (Å²) >= 11 is 0. The summed E-state index contributed by atoms with van der Waals surface area (Å²) in [6.07, 6.45) is 13.0. The van der Waals surface area contributed by atoms with Crippen molar-refractivity contribution in [3.05, 3.63) is 127 Å². The Morgan fingerprint density at radius 2 is 0.575 bits per heavy atom. The van der Waals surface area contributed by atoms with Crippen molar-refractivity contribution in [2.75, 3.05) is 14.2 Å². The van der Waals surface area contributed by atoms with Gasteiger partial charge >= 0.3 is 0 Å². The van der Waals surface area contributed by atoms with Gasteiger partial charge < -0.3 is 9.47 Å². The highest BCUT2D eigenvalue weighted by Crippen LogP contribution is 2.34. The van der Waals surface area contributed by atoms with Crippen LogP contribution >= 0.6 is 0 Å². The van der Waals surface area contributed by atoms with Gasteiger partial charge in [0.05, 0.1) is 14.2 Å². The van der Waals surface area contributed by atoms with Gasteiger partial charge in [0.2, 0.25) is 0 Å². The molecule has 0 amide bonds. The summed E-state index contributed by atoms with van der Waals surface area (Å²) in [7, 11) is 3.59. The van der Waals surface area contributed by atoms with E-state index in [9.17, 15) is 0 Å². The average Bonchev–Trinajstić information content (AvgIpc) is 2.96. The summed E-state index contributed by atoms with van der Waals surface area (Å²) in [6, 6.07) is 24.2. The number of hydrogen-bond acceptors (Lipinski definition) is 2. The fourth-order valence-electron chi connectivity index (χ4n) is 7.37. The van der Waals surface area contributed by atoms with Crippen molar-refractivity contribution in [2.45, 2.75) is 77.0 Å². The lowest BCUT2D eigenvalue weighted by Gasteiger charge is -2.24. The van der Waals surface area contributed by atoms with Gasteiger partial charge in [-0.15, -0.1) is 0 Å². The second-order valence-electron chi connectivity index (χ2n) is 12.1. The summed E-state index contributed by atoms with van der Waals surface area (Å²) in [4.78, 5) is 0. The van der Waals surface area contributed by atoms with Gasteiger partial charge in [-0.05, 0) is 156 Å². The normalized spacial score (nSPS) is 16.1. The molecule has 2 nitrogen and oxygen atoms in total. The lowest BCUT2D eigenvalue weighted by molar-refractivity contribution is 0.394. The van der Waals surface area contributed by atoms with Crippen molar-refractivity contribution in [1.29, 1.82) is 0 Å². The summed E-state index contributed by atoms with van der Waals surface area (Å²) in [5.74, 6) is 2.00. The standard InChI is InChI=1S/C38H40O2/c1-39-37-23-36-18-16-34-22-31-13-11-29-19-28-10-8-26-5-3-25(4-6-26)7-9-27(29)20-30(28)12-14-32(34)21-33(31)15-17-35(37)24-38(36)40-2/h3-6,19-24H,7-18H2,1-2H3. The third-order valence-corrected chi connectivity index (χ3v) is 9.77. The van der Waals surface area contributed by atoms with Crippen molar-refractivity contribution in [3.8, 4) is 11.5 Å². The minimum absolute atomic E-state index is 0.966. The summed E-state index contributed by atoms with van der Waals surface area (Å²) in [6.45, 7) is 0. The molecule has 0 saturated carbocycles. The van der Waals surface area contributed by atoms with Crippen LogP contribution in [-0.2, 0) is 77.0 Å². The predicted octanol–water partition coefficient (Wildman–Crippen LogP) is 7.36. The van der Waals surface area contributed by atoms with Crippen LogP contribution in [-0.4, -0.2) is 14.2 Å². The van der Waals surface area contributed by atoms with E-state index in [1.165, 1.54) is 33.4 Å². The van der Waals surface area contributed by atoms with Gasteiger partial charge in [0.15, 0.2) is 0 Å². The third kappa shape index (κ3) is 4.94. The molecule has 2 heteroatoms. The molecule has 16 rings (SSSR count). The Morgan fingerprint density at radius 1 is 0.325 bits per heavy atom. The number of hydrogen-bond donors (Lipinski definition) is 0. The first-order valence-corrected chi connectivity index (χ1v) is 15.3. The van der Waals surface area contributed by atoms with Crippen molar-refractivity contribution in [2.24, 2.45) is 0 Å². The minimum Gasteiger partial charge on any atom is -0.496 e. The van der Waals surface area contributed by atoms with E-state index in [2.05, 4.69) is 60.7 Å². The first-order valence-electron chi connectivity index (χ1n) is 15.3. The average molecular weight is 529 g/mol. The fourth-order valence-corrected chi connectivity index (χ4v) is 7.37. The van der Waals surface area contributed by atoms with E-state index in [1.807, 2.05) is 0 Å². The van der Waals surface area contributed by atoms with Crippen LogP contribution in [0.25, 0.3) is 0 Å². The molecule has 4 aromatic carbocycles. The van der Waals surface area contributed by atoms with E-state index in [4.69, 9.17) is 9.47 Å². The van der Waals surface area contributed by atoms with Gasteiger partial charge in [0, 0.05) is 0 Å². The van der Waals surface area contributed by atoms with Crippen LogP contribution in [0.2, 0.25) is 0 Å². The summed E-state index contributed by atoms with van der Waals surface area (Å²) in [5, 5.41) is 0. The lowest BCUT2D eigenvalue weighted by atomic mass is 9.82. The Morgan fingerprint density at radius 3 is 0.850 bits per heavy atom. The zero-order chi connectivity index (χ0) is 27.1. The summed E-state index contributed by atoms with van der Waals surface area (Å²) in [5.41, 5.74) is 17.9. The molecule has 0 N–H and O–H groups in total. The molecule has 4 aromatic rings. The molecule has 0 fully saturated rings. The molecule has 12 aliphatic rings. The lowest BCUT2D eigenvalue weighted by Crippen LogP contribution is -2.12. The molecular formula is C38H40O2. The van der Waals surface area contributed by atoms with Crippen molar-refractivity contribution in [3.63, 3.8) is 0 Å². The molecule has 0 heterocycles. The van der Waals surface area contributed by atoms with E-state index in [0.717, 1.165) is 88.5 Å². The van der Waals surface area contributed by atoms with E-state index in [0.29, 0.717) is 0 Å². The van der Waals surface area contributed by atoms with Crippen molar-refractivity contribution >= 4 is 0 Å². The van der Waals surface area contributed by atoms with Crippen LogP contribution < -0.4 is 9.47 Å². The quantitative estimate of drug-likeness (QED) is 0.271. The number of rotatable bonds is 2. The molecule has 40 heavy (non-hydrogen) atoms. The zero-order valence-corrected chi connectivity index (χ0v) is 24.1. The summed E-state index contributed by atoms with van der Waals surface area (Å²) < 4.78 is 11.7. The maximum atomic E-state index is 5.84. The molecule has 0 unspecified atom stereocenters. The van der Waals surface area contributed by atoms with Crippen LogP contribution in [0.5, 0.6) is 11.5 Å². The molecule has 204 valence electrons. The first kappa shape index (κ1) is 25.4. The van der Waals surface area contributed by atoms with E-state index in [1.54, 1.807) is 47.6 Å². The van der Waals surface area contributed by atoms with Crippen LogP contribution in [0.3, 0.4) is 0 Å². The molecule has 0 saturated heterocycles. The van der Waals surface area contributed by atoms with E-state index in [-0.39, 0.29) is 0 Å². The number of aryl methyl sites for hydroxylation is 12. The Labute approximate surface area is 239 Å². The Bertz CT molecular complexity index is 1440. The minimum atomic E-state index is 0.966. The third-order valence-electron chi connectivity index (χ3n) is 9.77. The second kappa shape index (κ2) is 10.8. The van der Waals surface area contributed by atoms with Gasteiger partial charge in [0.1, 0.15) is 11.5 Å². The van der Waals surface area contributed by atoms with Gasteiger partial charge in [-0.3, -0.25) is 0 Å².